The van der Waals surface area contributed by atoms with Gasteiger partial charge in [0.25, 0.3) is 0 Å². The fourth-order valence-electron chi connectivity index (χ4n) is 2.11. The molecule has 3 rings (SSSR count). The van der Waals surface area contributed by atoms with Crippen molar-refractivity contribution in [3.8, 4) is 17.2 Å². The first-order valence-electron chi connectivity index (χ1n) is 6.86. The molecule has 2 N–H and O–H groups in total. The molecule has 1 aliphatic rings. The minimum Gasteiger partial charge on any atom is -0.492 e. The van der Waals surface area contributed by atoms with E-state index in [1.165, 1.54) is 0 Å². The van der Waals surface area contributed by atoms with Gasteiger partial charge in [0.2, 0.25) is 0 Å². The van der Waals surface area contributed by atoms with E-state index >= 15 is 0 Å². The number of fused-ring (bicyclic) bond motifs is 1. The maximum atomic E-state index is 6.15. The van der Waals surface area contributed by atoms with Crippen LogP contribution >= 0.6 is 11.8 Å². The van der Waals surface area contributed by atoms with Gasteiger partial charge in [-0.15, -0.1) is 0 Å². The van der Waals surface area contributed by atoms with Crippen molar-refractivity contribution in [2.75, 3.05) is 25.6 Å². The minimum atomic E-state index is 0.586. The van der Waals surface area contributed by atoms with Gasteiger partial charge >= 0.3 is 0 Å². The lowest BCUT2D eigenvalue weighted by Crippen LogP contribution is -2.15. The molecule has 4 nitrogen and oxygen atoms in total. The van der Waals surface area contributed by atoms with Crippen LogP contribution in [0.3, 0.4) is 0 Å². The fraction of sp³-hybridized carbons (Fsp3) is 0.250. The second kappa shape index (κ2) is 6.18. The number of hydrogen-bond acceptors (Lipinski definition) is 5. The van der Waals surface area contributed by atoms with Crippen LogP contribution in [0.25, 0.3) is 0 Å². The zero-order valence-electron chi connectivity index (χ0n) is 11.8. The summed E-state index contributed by atoms with van der Waals surface area (Å²) in [5.41, 5.74) is 6.82. The van der Waals surface area contributed by atoms with E-state index in [0.717, 1.165) is 27.0 Å². The van der Waals surface area contributed by atoms with Gasteiger partial charge in [-0.25, -0.2) is 0 Å². The summed E-state index contributed by atoms with van der Waals surface area (Å²) in [4.78, 5) is 2.03. The van der Waals surface area contributed by atoms with Crippen LogP contribution in [0.1, 0.15) is 6.92 Å². The average molecular weight is 303 g/mol. The molecule has 1 heterocycles. The molecule has 2 aromatic rings. The highest BCUT2D eigenvalue weighted by molar-refractivity contribution is 7.99. The number of anilines is 1. The predicted octanol–water partition coefficient (Wildman–Crippen LogP) is 3.59. The van der Waals surface area contributed by atoms with E-state index in [4.69, 9.17) is 19.9 Å². The quantitative estimate of drug-likeness (QED) is 0.875. The van der Waals surface area contributed by atoms with Crippen LogP contribution in [0.4, 0.5) is 5.69 Å². The Hall–Kier alpha value is -2.01. The number of benzene rings is 2. The monoisotopic (exact) mass is 303 g/mol. The first-order valence-corrected chi connectivity index (χ1v) is 7.68. The number of hydrogen-bond donors (Lipinski definition) is 1. The Labute approximate surface area is 128 Å². The van der Waals surface area contributed by atoms with E-state index < -0.39 is 0 Å². The van der Waals surface area contributed by atoms with Crippen molar-refractivity contribution in [2.24, 2.45) is 0 Å². The standard InChI is InChI=1S/C16H17NO3S/c1-2-18-13-4-3-5-15(16(13)17)21-11-6-7-12-14(10-11)20-9-8-19-12/h3-7,10H,2,8-9,17H2,1H3. The van der Waals surface area contributed by atoms with Gasteiger partial charge in [0, 0.05) is 9.79 Å². The molecular formula is C16H17NO3S. The molecule has 2 aromatic carbocycles. The summed E-state index contributed by atoms with van der Waals surface area (Å²) in [5.74, 6) is 2.30. The van der Waals surface area contributed by atoms with Gasteiger partial charge in [0.1, 0.15) is 19.0 Å². The summed E-state index contributed by atoms with van der Waals surface area (Å²) in [7, 11) is 0. The number of ether oxygens (including phenoxy) is 3. The van der Waals surface area contributed by atoms with Gasteiger partial charge in [0.05, 0.1) is 12.3 Å². The highest BCUT2D eigenvalue weighted by Crippen LogP contribution is 2.40. The van der Waals surface area contributed by atoms with Crippen molar-refractivity contribution >= 4 is 17.4 Å². The molecule has 110 valence electrons. The Kier molecular flexibility index (Phi) is 4.10. The van der Waals surface area contributed by atoms with Crippen LogP contribution in [0.2, 0.25) is 0 Å². The second-order valence-electron chi connectivity index (χ2n) is 4.51. The van der Waals surface area contributed by atoms with Crippen LogP contribution in [-0.4, -0.2) is 19.8 Å². The highest BCUT2D eigenvalue weighted by Gasteiger charge is 2.13. The summed E-state index contributed by atoms with van der Waals surface area (Å²) >= 11 is 1.59. The lowest BCUT2D eigenvalue weighted by molar-refractivity contribution is 0.171. The molecular weight excluding hydrogens is 286 g/mol. The Balaban J connectivity index is 1.85. The van der Waals surface area contributed by atoms with Crippen molar-refractivity contribution in [2.45, 2.75) is 16.7 Å². The molecule has 0 amide bonds. The van der Waals surface area contributed by atoms with Crippen molar-refractivity contribution < 1.29 is 14.2 Å². The number of nitrogen functional groups attached to an aromatic ring is 1. The van der Waals surface area contributed by atoms with Crippen LogP contribution in [0.5, 0.6) is 17.2 Å². The minimum absolute atomic E-state index is 0.586. The summed E-state index contributed by atoms with van der Waals surface area (Å²) < 4.78 is 16.6. The maximum absolute atomic E-state index is 6.15. The first kappa shape index (κ1) is 13.9. The molecule has 0 saturated carbocycles. The molecule has 5 heteroatoms. The summed E-state index contributed by atoms with van der Waals surface area (Å²) in [6, 6.07) is 11.7. The fourth-order valence-corrected chi connectivity index (χ4v) is 3.02. The van der Waals surface area contributed by atoms with Gasteiger partial charge in [-0.3, -0.25) is 0 Å². The Morgan fingerprint density at radius 3 is 2.76 bits per heavy atom. The van der Waals surface area contributed by atoms with Gasteiger partial charge in [-0.2, -0.15) is 0 Å². The maximum Gasteiger partial charge on any atom is 0.162 e. The zero-order chi connectivity index (χ0) is 14.7. The molecule has 0 aromatic heterocycles. The zero-order valence-corrected chi connectivity index (χ0v) is 12.6. The third-order valence-corrected chi connectivity index (χ3v) is 4.13. The van der Waals surface area contributed by atoms with Crippen LogP contribution < -0.4 is 19.9 Å². The van der Waals surface area contributed by atoms with E-state index in [1.54, 1.807) is 11.8 Å². The van der Waals surface area contributed by atoms with Gasteiger partial charge in [-0.05, 0) is 37.3 Å². The lowest BCUT2D eigenvalue weighted by Gasteiger charge is -2.19. The van der Waals surface area contributed by atoms with E-state index in [9.17, 15) is 0 Å². The topological polar surface area (TPSA) is 53.7 Å². The molecule has 0 aliphatic carbocycles. The molecule has 21 heavy (non-hydrogen) atoms. The second-order valence-corrected chi connectivity index (χ2v) is 5.62. The van der Waals surface area contributed by atoms with Gasteiger partial charge in [0.15, 0.2) is 11.5 Å². The van der Waals surface area contributed by atoms with Crippen molar-refractivity contribution in [3.63, 3.8) is 0 Å². The SMILES string of the molecule is CCOc1cccc(Sc2ccc3c(c2)OCCO3)c1N. The smallest absolute Gasteiger partial charge is 0.162 e. The highest BCUT2D eigenvalue weighted by atomic mass is 32.2. The lowest BCUT2D eigenvalue weighted by atomic mass is 10.3. The third-order valence-electron chi connectivity index (χ3n) is 3.07. The van der Waals surface area contributed by atoms with Crippen LogP contribution in [0, 0.1) is 0 Å². The van der Waals surface area contributed by atoms with Gasteiger partial charge < -0.3 is 19.9 Å². The van der Waals surface area contributed by atoms with E-state index in [-0.39, 0.29) is 0 Å². The molecule has 0 spiro atoms. The Morgan fingerprint density at radius 1 is 1.14 bits per heavy atom. The Bertz CT molecular complexity index is 645. The molecule has 1 aliphatic heterocycles. The predicted molar refractivity (Wildman–Crippen MR) is 83.6 cm³/mol. The number of nitrogens with two attached hydrogens (primary N) is 1. The number of rotatable bonds is 4. The average Bonchev–Trinajstić information content (AvgIpc) is 2.51. The number of para-hydroxylation sites is 1. The molecule has 0 saturated heterocycles. The molecule has 0 unspecified atom stereocenters. The van der Waals surface area contributed by atoms with Crippen LogP contribution in [-0.2, 0) is 0 Å². The molecule has 0 bridgehead atoms. The van der Waals surface area contributed by atoms with Crippen molar-refractivity contribution in [1.29, 1.82) is 0 Å². The largest absolute Gasteiger partial charge is 0.492 e. The van der Waals surface area contributed by atoms with Crippen molar-refractivity contribution in [3.05, 3.63) is 36.4 Å². The molecule has 0 atom stereocenters. The molecule has 0 fully saturated rings. The first-order chi connectivity index (χ1) is 10.3. The summed E-state index contributed by atoms with van der Waals surface area (Å²) in [5, 5.41) is 0. The van der Waals surface area contributed by atoms with E-state index in [0.29, 0.717) is 25.5 Å². The van der Waals surface area contributed by atoms with Crippen molar-refractivity contribution in [1.82, 2.24) is 0 Å². The summed E-state index contributed by atoms with van der Waals surface area (Å²) in [6.07, 6.45) is 0. The van der Waals surface area contributed by atoms with Gasteiger partial charge in [-0.1, -0.05) is 17.8 Å². The Morgan fingerprint density at radius 2 is 1.95 bits per heavy atom. The van der Waals surface area contributed by atoms with E-state index in [2.05, 4.69) is 0 Å². The molecule has 0 radical (unpaired) electrons. The summed E-state index contributed by atoms with van der Waals surface area (Å²) in [6.45, 7) is 3.73. The normalized spacial score (nSPS) is 13.0. The third kappa shape index (κ3) is 3.03. The van der Waals surface area contributed by atoms with E-state index in [1.807, 2.05) is 43.3 Å². The van der Waals surface area contributed by atoms with Crippen LogP contribution in [0.15, 0.2) is 46.2 Å².